The van der Waals surface area contributed by atoms with Crippen molar-refractivity contribution in [1.82, 2.24) is 19.2 Å². The minimum absolute atomic E-state index is 0.0250. The van der Waals surface area contributed by atoms with Crippen LogP contribution in [0.2, 0.25) is 0 Å². The fraction of sp³-hybridized carbons (Fsp3) is 0.423. The number of rotatable bonds is 6. The first kappa shape index (κ1) is 23.9. The van der Waals surface area contributed by atoms with Crippen LogP contribution in [0.15, 0.2) is 65.8 Å². The Bertz CT molecular complexity index is 1220. The van der Waals surface area contributed by atoms with E-state index in [1.807, 2.05) is 33.0 Å². The minimum atomic E-state index is -1.18. The van der Waals surface area contributed by atoms with Gasteiger partial charge in [0.25, 0.3) is 5.56 Å². The maximum absolute atomic E-state index is 14.1. The van der Waals surface area contributed by atoms with Crippen LogP contribution in [0.4, 0.5) is 4.39 Å². The predicted octanol–water partition coefficient (Wildman–Crippen LogP) is 3.18. The summed E-state index contributed by atoms with van der Waals surface area (Å²) < 4.78 is 17.3. The van der Waals surface area contributed by atoms with Crippen LogP contribution >= 0.6 is 0 Å². The molecule has 4 rings (SSSR count). The number of hydrogen-bond acceptors (Lipinski definition) is 4. The quantitative estimate of drug-likeness (QED) is 0.605. The van der Waals surface area contributed by atoms with Gasteiger partial charge in [-0.15, -0.1) is 0 Å². The van der Waals surface area contributed by atoms with Crippen molar-refractivity contribution in [3.05, 3.63) is 77.2 Å². The summed E-state index contributed by atoms with van der Waals surface area (Å²) in [5.74, 6) is -0.606. The molecule has 1 saturated heterocycles. The molecule has 0 aliphatic carbocycles. The molecule has 2 unspecified atom stereocenters. The highest BCUT2D eigenvalue weighted by atomic mass is 19.1. The van der Waals surface area contributed by atoms with E-state index in [0.29, 0.717) is 37.2 Å². The number of benzene rings is 1. The highest BCUT2D eigenvalue weighted by molar-refractivity contribution is 5.78. The highest BCUT2D eigenvalue weighted by Crippen LogP contribution is 2.40. The molecule has 0 spiro atoms. The third-order valence-corrected chi connectivity index (χ3v) is 7.01. The molecule has 1 N–H and O–H groups in total. The molecule has 8 heteroatoms. The Morgan fingerprint density at radius 2 is 1.97 bits per heavy atom. The molecule has 2 aromatic heterocycles. The molecular weight excluding hydrogens is 435 g/mol. The second kappa shape index (κ2) is 9.18. The summed E-state index contributed by atoms with van der Waals surface area (Å²) in [6, 6.07) is 11.2. The Morgan fingerprint density at radius 3 is 2.62 bits per heavy atom. The Balaban J connectivity index is 1.47. The Kier molecular flexibility index (Phi) is 6.45. The fourth-order valence-electron chi connectivity index (χ4n) is 4.70. The number of likely N-dealkylation sites (tertiary alicyclic amines) is 1. The van der Waals surface area contributed by atoms with E-state index in [9.17, 15) is 19.1 Å². The third kappa shape index (κ3) is 4.68. The number of carbonyl (C=O) groups excluding carboxylic acids is 1. The van der Waals surface area contributed by atoms with Gasteiger partial charge in [-0.2, -0.15) is 5.10 Å². The minimum Gasteiger partial charge on any atom is -0.387 e. The maximum Gasteiger partial charge on any atom is 0.251 e. The van der Waals surface area contributed by atoms with Crippen LogP contribution in [0.5, 0.6) is 0 Å². The molecule has 0 bridgehead atoms. The number of amides is 1. The van der Waals surface area contributed by atoms with Gasteiger partial charge in [-0.05, 0) is 30.2 Å². The first-order chi connectivity index (χ1) is 16.1. The zero-order chi connectivity index (χ0) is 24.5. The van der Waals surface area contributed by atoms with E-state index < -0.39 is 16.8 Å². The lowest BCUT2D eigenvalue weighted by Gasteiger charge is -2.50. The van der Waals surface area contributed by atoms with Gasteiger partial charge in [0.05, 0.1) is 24.6 Å². The largest absolute Gasteiger partial charge is 0.387 e. The molecule has 2 atom stereocenters. The van der Waals surface area contributed by atoms with E-state index in [0.717, 1.165) is 0 Å². The number of halogens is 1. The van der Waals surface area contributed by atoms with Crippen molar-refractivity contribution in [2.75, 3.05) is 13.1 Å². The molecular formula is C26H31FN4O3. The van der Waals surface area contributed by atoms with E-state index in [1.54, 1.807) is 46.2 Å². The lowest BCUT2D eigenvalue weighted by Crippen LogP contribution is -2.61. The van der Waals surface area contributed by atoms with Gasteiger partial charge < -0.3 is 14.6 Å². The van der Waals surface area contributed by atoms with Crippen LogP contribution in [0.25, 0.3) is 11.1 Å². The molecule has 1 amide bonds. The second-order valence-corrected chi connectivity index (χ2v) is 9.92. The van der Waals surface area contributed by atoms with Crippen LogP contribution < -0.4 is 5.56 Å². The van der Waals surface area contributed by atoms with Gasteiger partial charge in [-0.3, -0.25) is 14.3 Å². The first-order valence-electron chi connectivity index (χ1n) is 11.5. The summed E-state index contributed by atoms with van der Waals surface area (Å²) in [5, 5.41) is 15.8. The number of pyridine rings is 1. The monoisotopic (exact) mass is 466 g/mol. The molecule has 7 nitrogen and oxygen atoms in total. The summed E-state index contributed by atoms with van der Waals surface area (Å²) in [5.41, 5.74) is -1.27. The second-order valence-electron chi connectivity index (χ2n) is 9.92. The van der Waals surface area contributed by atoms with E-state index in [1.165, 1.54) is 16.7 Å². The average Bonchev–Trinajstić information content (AvgIpc) is 3.30. The van der Waals surface area contributed by atoms with E-state index in [-0.39, 0.29) is 23.9 Å². The Morgan fingerprint density at radius 1 is 1.21 bits per heavy atom. The molecule has 180 valence electrons. The van der Waals surface area contributed by atoms with Gasteiger partial charge in [0.2, 0.25) is 5.91 Å². The summed E-state index contributed by atoms with van der Waals surface area (Å²) >= 11 is 0. The SMILES string of the molecule is CC(Cn1cccn1)C(=O)N1CCC(O)(Cn2ccc(-c3ccccc3F)cc2=O)C(C)(C)C1. The summed E-state index contributed by atoms with van der Waals surface area (Å²) in [6.45, 7) is 7.11. The number of carbonyl (C=O) groups is 1. The lowest BCUT2D eigenvalue weighted by molar-refractivity contribution is -0.157. The van der Waals surface area contributed by atoms with Crippen molar-refractivity contribution in [1.29, 1.82) is 0 Å². The number of aromatic nitrogens is 3. The number of hydrogen-bond donors (Lipinski definition) is 1. The summed E-state index contributed by atoms with van der Waals surface area (Å²) in [4.78, 5) is 27.7. The summed E-state index contributed by atoms with van der Waals surface area (Å²) in [7, 11) is 0. The average molecular weight is 467 g/mol. The molecule has 3 aromatic rings. The lowest BCUT2D eigenvalue weighted by atomic mass is 9.69. The van der Waals surface area contributed by atoms with Crippen molar-refractivity contribution in [2.24, 2.45) is 11.3 Å². The Hall–Kier alpha value is -3.26. The standard InChI is InChI=1S/C26H31FN4O3/c1-19(16-31-12-6-11-28-31)24(33)30-14-10-26(34,25(2,3)17-30)18-29-13-9-20(15-23(29)32)21-7-4-5-8-22(21)27/h4-9,11-13,15,19,34H,10,14,16-18H2,1-3H3. The van der Waals surface area contributed by atoms with Gasteiger partial charge in [-0.25, -0.2) is 4.39 Å². The van der Waals surface area contributed by atoms with Gasteiger partial charge in [0, 0.05) is 48.7 Å². The van der Waals surface area contributed by atoms with Gasteiger partial charge in [0.15, 0.2) is 0 Å². The molecule has 0 saturated carbocycles. The zero-order valence-corrected chi connectivity index (χ0v) is 19.8. The topological polar surface area (TPSA) is 80.4 Å². The molecule has 3 heterocycles. The third-order valence-electron chi connectivity index (χ3n) is 7.01. The fourth-order valence-corrected chi connectivity index (χ4v) is 4.70. The van der Waals surface area contributed by atoms with Crippen molar-refractivity contribution < 1.29 is 14.3 Å². The van der Waals surface area contributed by atoms with Crippen LogP contribution in [0.1, 0.15) is 27.2 Å². The van der Waals surface area contributed by atoms with Gasteiger partial charge in [0.1, 0.15) is 5.82 Å². The number of aliphatic hydroxyl groups is 1. The summed E-state index contributed by atoms with van der Waals surface area (Å²) in [6.07, 6.45) is 5.47. The van der Waals surface area contributed by atoms with Crippen LogP contribution in [0.3, 0.4) is 0 Å². The highest BCUT2D eigenvalue weighted by Gasteiger charge is 2.49. The zero-order valence-electron chi connectivity index (χ0n) is 19.8. The maximum atomic E-state index is 14.1. The van der Waals surface area contributed by atoms with E-state index in [2.05, 4.69) is 5.10 Å². The molecule has 0 radical (unpaired) electrons. The van der Waals surface area contributed by atoms with Crippen LogP contribution in [-0.2, 0) is 17.9 Å². The molecule has 1 aliphatic heterocycles. The molecule has 34 heavy (non-hydrogen) atoms. The van der Waals surface area contributed by atoms with Crippen molar-refractivity contribution in [2.45, 2.75) is 45.9 Å². The van der Waals surface area contributed by atoms with E-state index >= 15 is 0 Å². The van der Waals surface area contributed by atoms with Crippen molar-refractivity contribution in [3.8, 4) is 11.1 Å². The van der Waals surface area contributed by atoms with Crippen LogP contribution in [0, 0.1) is 17.2 Å². The number of piperidine rings is 1. The van der Waals surface area contributed by atoms with Crippen molar-refractivity contribution >= 4 is 5.91 Å². The normalized spacial score (nSPS) is 20.8. The molecule has 1 aliphatic rings. The van der Waals surface area contributed by atoms with Gasteiger partial charge in [-0.1, -0.05) is 39.0 Å². The predicted molar refractivity (Wildman–Crippen MR) is 127 cm³/mol. The Labute approximate surface area is 198 Å². The first-order valence-corrected chi connectivity index (χ1v) is 11.5. The van der Waals surface area contributed by atoms with E-state index in [4.69, 9.17) is 0 Å². The number of nitrogens with zero attached hydrogens (tertiary/aromatic N) is 4. The van der Waals surface area contributed by atoms with Gasteiger partial charge >= 0.3 is 0 Å². The van der Waals surface area contributed by atoms with Crippen LogP contribution in [-0.4, -0.2) is 49.0 Å². The smallest absolute Gasteiger partial charge is 0.251 e. The molecule has 1 fully saturated rings. The molecule has 1 aromatic carbocycles. The van der Waals surface area contributed by atoms with Crippen molar-refractivity contribution in [3.63, 3.8) is 0 Å².